The molecule has 1 aromatic carbocycles. The number of hydrogen-bond donors (Lipinski definition) is 1. The van der Waals surface area contributed by atoms with Gasteiger partial charge in [-0.05, 0) is 38.1 Å². The number of aromatic nitrogens is 1. The van der Waals surface area contributed by atoms with Crippen LogP contribution in [-0.2, 0) is 11.5 Å². The summed E-state index contributed by atoms with van der Waals surface area (Å²) >= 11 is 0. The van der Waals surface area contributed by atoms with E-state index in [0.29, 0.717) is 6.73 Å². The van der Waals surface area contributed by atoms with Crippen LogP contribution >= 0.6 is 0 Å². The highest BCUT2D eigenvalue weighted by Crippen LogP contribution is 2.18. The van der Waals surface area contributed by atoms with Crippen LogP contribution in [0.1, 0.15) is 13.8 Å². The third kappa shape index (κ3) is 2.13. The molecule has 2 aromatic rings. The van der Waals surface area contributed by atoms with Crippen molar-refractivity contribution >= 4 is 16.6 Å². The van der Waals surface area contributed by atoms with Crippen molar-refractivity contribution in [2.75, 3.05) is 5.73 Å². The number of ether oxygens (including phenoxy) is 1. The van der Waals surface area contributed by atoms with Crippen LogP contribution in [-0.4, -0.2) is 10.7 Å². The van der Waals surface area contributed by atoms with Gasteiger partial charge in [-0.3, -0.25) is 0 Å². The van der Waals surface area contributed by atoms with Crippen molar-refractivity contribution in [1.82, 2.24) is 4.57 Å². The maximum atomic E-state index is 5.71. The van der Waals surface area contributed by atoms with E-state index >= 15 is 0 Å². The molecule has 15 heavy (non-hydrogen) atoms. The van der Waals surface area contributed by atoms with E-state index in [1.807, 2.05) is 38.2 Å². The summed E-state index contributed by atoms with van der Waals surface area (Å²) in [7, 11) is 0. The largest absolute Gasteiger partial charge is 0.399 e. The number of hydrogen-bond acceptors (Lipinski definition) is 2. The molecule has 0 bridgehead atoms. The van der Waals surface area contributed by atoms with Crippen LogP contribution < -0.4 is 5.73 Å². The molecule has 0 aliphatic carbocycles. The fraction of sp³-hybridized carbons (Fsp3) is 0.333. The van der Waals surface area contributed by atoms with Crippen molar-refractivity contribution in [3.05, 3.63) is 30.5 Å². The molecule has 0 unspecified atom stereocenters. The quantitative estimate of drug-likeness (QED) is 0.781. The minimum Gasteiger partial charge on any atom is -0.399 e. The van der Waals surface area contributed by atoms with E-state index in [1.165, 1.54) is 0 Å². The molecule has 0 aliphatic heterocycles. The molecule has 0 spiro atoms. The second-order valence-corrected chi connectivity index (χ2v) is 3.95. The number of nitrogens with zero attached hydrogens (tertiary/aromatic N) is 1. The summed E-state index contributed by atoms with van der Waals surface area (Å²) < 4.78 is 7.63. The van der Waals surface area contributed by atoms with E-state index in [9.17, 15) is 0 Å². The smallest absolute Gasteiger partial charge is 0.123 e. The van der Waals surface area contributed by atoms with Crippen LogP contribution in [0, 0.1) is 0 Å². The molecule has 0 fully saturated rings. The molecule has 0 saturated carbocycles. The number of nitrogen functional groups attached to an aromatic ring is 1. The minimum atomic E-state index is 0.247. The predicted octanol–water partition coefficient (Wildman–Crippen LogP) is 2.61. The fourth-order valence-electron chi connectivity index (χ4n) is 1.56. The van der Waals surface area contributed by atoms with Gasteiger partial charge < -0.3 is 15.0 Å². The zero-order valence-corrected chi connectivity index (χ0v) is 9.10. The number of fused-ring (bicyclic) bond motifs is 1. The molecule has 2 rings (SSSR count). The Bertz CT molecular complexity index is 460. The first-order chi connectivity index (χ1) is 7.16. The Morgan fingerprint density at radius 3 is 2.87 bits per heavy atom. The molecular weight excluding hydrogens is 188 g/mol. The van der Waals surface area contributed by atoms with Gasteiger partial charge in [0.15, 0.2) is 0 Å². The maximum absolute atomic E-state index is 5.71. The highest BCUT2D eigenvalue weighted by molar-refractivity contribution is 5.83. The van der Waals surface area contributed by atoms with Crippen LogP contribution in [0.25, 0.3) is 10.9 Å². The normalized spacial score (nSPS) is 11.4. The highest BCUT2D eigenvalue weighted by Gasteiger charge is 2.01. The Kier molecular flexibility index (Phi) is 2.64. The SMILES string of the molecule is CC(C)OCn1ccc2cc(N)ccc21. The van der Waals surface area contributed by atoms with Crippen molar-refractivity contribution in [2.24, 2.45) is 0 Å². The molecule has 0 amide bonds. The molecule has 0 saturated heterocycles. The summed E-state index contributed by atoms with van der Waals surface area (Å²) in [4.78, 5) is 0. The number of anilines is 1. The Morgan fingerprint density at radius 2 is 2.13 bits per heavy atom. The average Bonchev–Trinajstić information content (AvgIpc) is 2.57. The van der Waals surface area contributed by atoms with Crippen LogP contribution in [0.5, 0.6) is 0 Å². The molecule has 1 aromatic heterocycles. The molecule has 80 valence electrons. The molecule has 0 aliphatic rings. The summed E-state index contributed by atoms with van der Waals surface area (Å²) in [6, 6.07) is 7.96. The maximum Gasteiger partial charge on any atom is 0.123 e. The van der Waals surface area contributed by atoms with E-state index < -0.39 is 0 Å². The van der Waals surface area contributed by atoms with Gasteiger partial charge in [-0.15, -0.1) is 0 Å². The lowest BCUT2D eigenvalue weighted by molar-refractivity contribution is 0.0310. The van der Waals surface area contributed by atoms with Crippen molar-refractivity contribution in [3.63, 3.8) is 0 Å². The van der Waals surface area contributed by atoms with E-state index in [2.05, 4.69) is 10.6 Å². The van der Waals surface area contributed by atoms with Gasteiger partial charge in [-0.25, -0.2) is 0 Å². The van der Waals surface area contributed by atoms with Crippen LogP contribution in [0.3, 0.4) is 0 Å². The molecule has 3 heteroatoms. The first kappa shape index (κ1) is 10.1. The van der Waals surface area contributed by atoms with Crippen molar-refractivity contribution in [3.8, 4) is 0 Å². The van der Waals surface area contributed by atoms with Gasteiger partial charge in [0.25, 0.3) is 0 Å². The van der Waals surface area contributed by atoms with Crippen molar-refractivity contribution in [1.29, 1.82) is 0 Å². The van der Waals surface area contributed by atoms with Gasteiger partial charge in [-0.1, -0.05) is 0 Å². The molecule has 3 nitrogen and oxygen atoms in total. The third-order valence-electron chi connectivity index (χ3n) is 2.34. The average molecular weight is 204 g/mol. The first-order valence-electron chi connectivity index (χ1n) is 5.13. The number of rotatable bonds is 3. The zero-order valence-electron chi connectivity index (χ0n) is 9.10. The molecular formula is C12H16N2O. The summed E-state index contributed by atoms with van der Waals surface area (Å²) in [6.45, 7) is 4.65. The Labute approximate surface area is 89.4 Å². The lowest BCUT2D eigenvalue weighted by Gasteiger charge is -2.09. The lowest BCUT2D eigenvalue weighted by atomic mass is 10.2. The number of nitrogens with two attached hydrogens (primary N) is 1. The summed E-state index contributed by atoms with van der Waals surface area (Å²) in [5, 5.41) is 1.15. The van der Waals surface area contributed by atoms with Crippen molar-refractivity contribution < 1.29 is 4.74 Å². The van der Waals surface area contributed by atoms with E-state index in [-0.39, 0.29) is 6.10 Å². The Hall–Kier alpha value is -1.48. The van der Waals surface area contributed by atoms with Gasteiger partial charge in [-0.2, -0.15) is 0 Å². The van der Waals surface area contributed by atoms with Crippen LogP contribution in [0.15, 0.2) is 30.5 Å². The summed E-state index contributed by atoms with van der Waals surface area (Å²) in [5.74, 6) is 0. The standard InChI is InChI=1S/C12H16N2O/c1-9(2)15-8-14-6-5-10-7-11(13)3-4-12(10)14/h3-7,9H,8,13H2,1-2H3. The second kappa shape index (κ2) is 3.95. The lowest BCUT2D eigenvalue weighted by Crippen LogP contribution is -2.07. The van der Waals surface area contributed by atoms with Gasteiger partial charge >= 0.3 is 0 Å². The van der Waals surface area contributed by atoms with Gasteiger partial charge in [0.1, 0.15) is 6.73 Å². The van der Waals surface area contributed by atoms with Gasteiger partial charge in [0, 0.05) is 17.3 Å². The third-order valence-corrected chi connectivity index (χ3v) is 2.34. The zero-order chi connectivity index (χ0) is 10.8. The van der Waals surface area contributed by atoms with E-state index in [4.69, 9.17) is 10.5 Å². The topological polar surface area (TPSA) is 40.2 Å². The predicted molar refractivity (Wildman–Crippen MR) is 62.6 cm³/mol. The van der Waals surface area contributed by atoms with Crippen LogP contribution in [0.4, 0.5) is 5.69 Å². The van der Waals surface area contributed by atoms with E-state index in [1.54, 1.807) is 0 Å². The summed E-state index contributed by atoms with van der Waals surface area (Å²) in [5.41, 5.74) is 7.67. The second-order valence-electron chi connectivity index (χ2n) is 3.95. The van der Waals surface area contributed by atoms with Crippen molar-refractivity contribution in [2.45, 2.75) is 26.7 Å². The molecule has 0 atom stereocenters. The Balaban J connectivity index is 2.29. The number of benzene rings is 1. The van der Waals surface area contributed by atoms with E-state index in [0.717, 1.165) is 16.6 Å². The van der Waals surface area contributed by atoms with Gasteiger partial charge in [0.05, 0.1) is 11.6 Å². The van der Waals surface area contributed by atoms with Crippen LogP contribution in [0.2, 0.25) is 0 Å². The molecule has 0 radical (unpaired) electrons. The minimum absolute atomic E-state index is 0.247. The molecule has 1 heterocycles. The Morgan fingerprint density at radius 1 is 1.33 bits per heavy atom. The first-order valence-corrected chi connectivity index (χ1v) is 5.13. The summed E-state index contributed by atoms with van der Waals surface area (Å²) in [6.07, 6.45) is 2.27. The molecule has 2 N–H and O–H groups in total. The monoisotopic (exact) mass is 204 g/mol. The fourth-order valence-corrected chi connectivity index (χ4v) is 1.56. The van der Waals surface area contributed by atoms with Gasteiger partial charge in [0.2, 0.25) is 0 Å². The highest BCUT2D eigenvalue weighted by atomic mass is 16.5.